The molecule has 4 aromatic carbocycles. The molecular formula is C32H22ClN3O5S2. The number of ketones is 1. The maximum absolute atomic E-state index is 13.6. The summed E-state index contributed by atoms with van der Waals surface area (Å²) in [6, 6.07) is 25.1. The number of carbonyl (C=O) groups is 2. The minimum atomic E-state index is -0.976. The maximum Gasteiger partial charge on any atom is 0.301 e. The van der Waals surface area contributed by atoms with Crippen LogP contribution in [0, 0.1) is 0 Å². The van der Waals surface area contributed by atoms with E-state index in [1.807, 2.05) is 18.2 Å². The number of anilines is 1. The van der Waals surface area contributed by atoms with Crippen molar-refractivity contribution in [1.82, 2.24) is 10.2 Å². The Morgan fingerprint density at radius 3 is 2.60 bits per heavy atom. The summed E-state index contributed by atoms with van der Waals surface area (Å²) in [4.78, 5) is 28.4. The molecule has 7 rings (SSSR count). The molecule has 0 radical (unpaired) electrons. The summed E-state index contributed by atoms with van der Waals surface area (Å²) in [5.74, 6) is -0.351. The molecule has 0 saturated carbocycles. The van der Waals surface area contributed by atoms with Crippen LogP contribution in [-0.4, -0.2) is 40.2 Å². The molecule has 1 fully saturated rings. The maximum atomic E-state index is 13.6. The van der Waals surface area contributed by atoms with Gasteiger partial charge in [-0.3, -0.25) is 14.5 Å². The van der Waals surface area contributed by atoms with Crippen LogP contribution < -0.4 is 14.4 Å². The number of rotatable bonds is 6. The second-order valence-electron chi connectivity index (χ2n) is 9.86. The topological polar surface area (TPSA) is 102 Å². The van der Waals surface area contributed by atoms with Gasteiger partial charge in [0.15, 0.2) is 15.8 Å². The van der Waals surface area contributed by atoms with Crippen LogP contribution >= 0.6 is 34.7 Å². The number of halogens is 1. The number of fused-ring (bicyclic) bond motifs is 2. The molecule has 2 aliphatic rings. The Morgan fingerprint density at radius 2 is 1.74 bits per heavy atom. The Morgan fingerprint density at radius 1 is 0.953 bits per heavy atom. The Bertz CT molecular complexity index is 1940. The summed E-state index contributed by atoms with van der Waals surface area (Å²) in [6.07, 6.45) is 0. The van der Waals surface area contributed by atoms with Gasteiger partial charge in [0, 0.05) is 16.3 Å². The second kappa shape index (κ2) is 11.4. The van der Waals surface area contributed by atoms with Gasteiger partial charge in [-0.15, -0.1) is 10.2 Å². The third kappa shape index (κ3) is 5.11. The molecule has 2 aliphatic heterocycles. The molecule has 1 aromatic heterocycles. The van der Waals surface area contributed by atoms with E-state index in [0.29, 0.717) is 51.0 Å². The lowest BCUT2D eigenvalue weighted by Crippen LogP contribution is -2.29. The minimum absolute atomic E-state index is 0.0795. The van der Waals surface area contributed by atoms with Gasteiger partial charge in [0.25, 0.3) is 5.78 Å². The van der Waals surface area contributed by atoms with E-state index in [2.05, 4.69) is 34.5 Å². The predicted octanol–water partition coefficient (Wildman–Crippen LogP) is 7.03. The standard InChI is InChI=1S/C32H22ClN3O5S2/c33-22-9-4-7-19(15-22)27-26(28(37)20-11-12-24-25(16-20)41-14-13-40-24)29(38)30(39)36(27)31-34-35-32(43-31)42-17-21-8-3-6-18-5-1-2-10-23(18)21/h1-12,15-16,27,37H,13-14,17H2. The molecule has 1 saturated heterocycles. The molecule has 8 nitrogen and oxygen atoms in total. The summed E-state index contributed by atoms with van der Waals surface area (Å²) in [5.41, 5.74) is 1.94. The lowest BCUT2D eigenvalue weighted by molar-refractivity contribution is -0.132. The number of aromatic nitrogens is 2. The molecule has 43 heavy (non-hydrogen) atoms. The van der Waals surface area contributed by atoms with Crippen LogP contribution in [0.25, 0.3) is 16.5 Å². The van der Waals surface area contributed by atoms with Crippen LogP contribution in [0.3, 0.4) is 0 Å². The van der Waals surface area contributed by atoms with Gasteiger partial charge in [-0.2, -0.15) is 0 Å². The van der Waals surface area contributed by atoms with Crippen LogP contribution in [-0.2, 0) is 15.3 Å². The molecule has 0 aliphatic carbocycles. The number of thioether (sulfide) groups is 1. The Balaban J connectivity index is 1.25. The number of nitrogens with zero attached hydrogens (tertiary/aromatic N) is 3. The van der Waals surface area contributed by atoms with E-state index in [1.54, 1.807) is 42.5 Å². The van der Waals surface area contributed by atoms with Crippen molar-refractivity contribution >= 4 is 68.1 Å². The fourth-order valence-corrected chi connectivity index (χ4v) is 7.35. The zero-order chi connectivity index (χ0) is 29.5. The molecule has 11 heteroatoms. The van der Waals surface area contributed by atoms with Gasteiger partial charge in [-0.1, -0.05) is 89.3 Å². The number of hydrogen-bond acceptors (Lipinski definition) is 9. The molecule has 1 unspecified atom stereocenters. The lowest BCUT2D eigenvalue weighted by atomic mass is 9.95. The van der Waals surface area contributed by atoms with Crippen molar-refractivity contribution in [1.29, 1.82) is 0 Å². The molecule has 0 spiro atoms. The van der Waals surface area contributed by atoms with Gasteiger partial charge < -0.3 is 14.6 Å². The number of hydrogen-bond donors (Lipinski definition) is 1. The summed E-state index contributed by atoms with van der Waals surface area (Å²) in [5, 5.41) is 23.1. The molecule has 214 valence electrons. The molecule has 3 heterocycles. The largest absolute Gasteiger partial charge is 0.507 e. The number of benzene rings is 4. The van der Waals surface area contributed by atoms with Crippen molar-refractivity contribution in [3.05, 3.63) is 112 Å². The van der Waals surface area contributed by atoms with E-state index in [-0.39, 0.29) is 16.5 Å². The fourth-order valence-electron chi connectivity index (χ4n) is 5.28. The van der Waals surface area contributed by atoms with E-state index in [4.69, 9.17) is 21.1 Å². The van der Waals surface area contributed by atoms with Gasteiger partial charge in [-0.05, 0) is 52.2 Å². The highest BCUT2D eigenvalue weighted by Crippen LogP contribution is 2.45. The number of amides is 1. The third-order valence-electron chi connectivity index (χ3n) is 7.26. The first-order valence-electron chi connectivity index (χ1n) is 13.4. The first-order valence-corrected chi connectivity index (χ1v) is 15.6. The van der Waals surface area contributed by atoms with Crippen LogP contribution in [0.4, 0.5) is 5.13 Å². The fraction of sp³-hybridized carbons (Fsp3) is 0.125. The third-order valence-corrected chi connectivity index (χ3v) is 9.60. The van der Waals surface area contributed by atoms with Gasteiger partial charge in [0.2, 0.25) is 5.13 Å². The van der Waals surface area contributed by atoms with Gasteiger partial charge in [0.05, 0.1) is 11.6 Å². The zero-order valence-electron chi connectivity index (χ0n) is 22.4. The molecule has 5 aromatic rings. The second-order valence-corrected chi connectivity index (χ2v) is 12.5. The van der Waals surface area contributed by atoms with E-state index in [1.165, 1.54) is 28.0 Å². The van der Waals surface area contributed by atoms with E-state index >= 15 is 0 Å². The van der Waals surface area contributed by atoms with Crippen molar-refractivity contribution < 1.29 is 24.2 Å². The molecule has 0 bridgehead atoms. The molecular weight excluding hydrogens is 606 g/mol. The van der Waals surface area contributed by atoms with Crippen molar-refractivity contribution in [2.24, 2.45) is 0 Å². The first-order chi connectivity index (χ1) is 21.0. The van der Waals surface area contributed by atoms with E-state index in [9.17, 15) is 14.7 Å². The number of aliphatic hydroxyl groups excluding tert-OH is 1. The van der Waals surface area contributed by atoms with Crippen LogP contribution in [0.2, 0.25) is 5.02 Å². The highest BCUT2D eigenvalue weighted by molar-refractivity contribution is 8.00. The Kier molecular flexibility index (Phi) is 7.26. The first kappa shape index (κ1) is 27.5. The van der Waals surface area contributed by atoms with Crippen LogP contribution in [0.15, 0.2) is 94.8 Å². The van der Waals surface area contributed by atoms with Gasteiger partial charge in [0.1, 0.15) is 19.0 Å². The highest BCUT2D eigenvalue weighted by atomic mass is 35.5. The average molecular weight is 628 g/mol. The molecule has 1 N–H and O–H groups in total. The normalized spacial score (nSPS) is 17.5. The number of aliphatic hydroxyl groups is 1. The van der Waals surface area contributed by atoms with Crippen molar-refractivity contribution in [2.45, 2.75) is 16.1 Å². The number of carbonyl (C=O) groups excluding carboxylic acids is 2. The number of ether oxygens (including phenoxy) is 2. The van der Waals surface area contributed by atoms with E-state index in [0.717, 1.165) is 16.3 Å². The van der Waals surface area contributed by atoms with Crippen LogP contribution in [0.1, 0.15) is 22.7 Å². The summed E-state index contributed by atoms with van der Waals surface area (Å²) >= 11 is 9.04. The van der Waals surface area contributed by atoms with Gasteiger partial charge >= 0.3 is 5.91 Å². The van der Waals surface area contributed by atoms with Crippen molar-refractivity contribution in [3.63, 3.8) is 0 Å². The average Bonchev–Trinajstić information content (AvgIpc) is 3.61. The summed E-state index contributed by atoms with van der Waals surface area (Å²) in [6.45, 7) is 0.782. The van der Waals surface area contributed by atoms with Crippen LogP contribution in [0.5, 0.6) is 11.5 Å². The lowest BCUT2D eigenvalue weighted by Gasteiger charge is -2.23. The highest BCUT2D eigenvalue weighted by Gasteiger charge is 2.48. The smallest absolute Gasteiger partial charge is 0.301 e. The number of Topliss-reactive ketones (excluding diaryl/α,β-unsaturated/α-hetero) is 1. The van der Waals surface area contributed by atoms with E-state index < -0.39 is 17.7 Å². The Hall–Kier alpha value is -4.38. The zero-order valence-corrected chi connectivity index (χ0v) is 24.8. The SMILES string of the molecule is O=C1C(=O)N(c2nnc(SCc3cccc4ccccc34)s2)C(c2cccc(Cl)c2)C1=C(O)c1ccc2c(c1)OCCO2. The van der Waals surface area contributed by atoms with Crippen molar-refractivity contribution in [3.8, 4) is 11.5 Å². The van der Waals surface area contributed by atoms with Crippen molar-refractivity contribution in [2.75, 3.05) is 18.1 Å². The summed E-state index contributed by atoms with van der Waals surface area (Å²) < 4.78 is 11.9. The minimum Gasteiger partial charge on any atom is -0.507 e. The monoisotopic (exact) mass is 627 g/mol. The predicted molar refractivity (Wildman–Crippen MR) is 167 cm³/mol. The summed E-state index contributed by atoms with van der Waals surface area (Å²) in [7, 11) is 0. The quantitative estimate of drug-likeness (QED) is 0.0704. The van der Waals surface area contributed by atoms with Gasteiger partial charge in [-0.25, -0.2) is 0 Å². The molecule has 1 atom stereocenters. The molecule has 1 amide bonds. The Labute approximate surface area is 259 Å².